The van der Waals surface area contributed by atoms with E-state index in [0.717, 1.165) is 37.6 Å². The van der Waals surface area contributed by atoms with Crippen molar-refractivity contribution in [3.63, 3.8) is 0 Å². The number of nitrogens with one attached hydrogen (secondary N) is 1. The van der Waals surface area contributed by atoms with E-state index < -0.39 is 0 Å². The second-order valence-corrected chi connectivity index (χ2v) is 7.34. The molecule has 1 aliphatic heterocycles. The van der Waals surface area contributed by atoms with Crippen LogP contribution in [0, 0.1) is 11.8 Å². The van der Waals surface area contributed by atoms with Gasteiger partial charge in [-0.15, -0.1) is 0 Å². The van der Waals surface area contributed by atoms with Crippen molar-refractivity contribution in [2.24, 2.45) is 11.8 Å². The molecule has 2 fully saturated rings. The van der Waals surface area contributed by atoms with Gasteiger partial charge in [-0.1, -0.05) is 26.7 Å². The van der Waals surface area contributed by atoms with E-state index in [9.17, 15) is 0 Å². The number of morpholine rings is 1. The predicted molar refractivity (Wildman–Crippen MR) is 89.7 cm³/mol. The Bertz CT molecular complexity index is 297. The van der Waals surface area contributed by atoms with Gasteiger partial charge in [0.25, 0.3) is 0 Å². The molecule has 2 aliphatic rings. The Morgan fingerprint density at radius 1 is 1.19 bits per heavy atom. The van der Waals surface area contributed by atoms with Crippen molar-refractivity contribution in [2.75, 3.05) is 26.2 Å². The second kappa shape index (κ2) is 8.50. The Kier molecular flexibility index (Phi) is 6.97. The summed E-state index contributed by atoms with van der Waals surface area (Å²) in [6.07, 6.45) is 7.38. The zero-order valence-electron chi connectivity index (χ0n) is 14.6. The van der Waals surface area contributed by atoms with Crippen LogP contribution in [0.25, 0.3) is 0 Å². The number of hydrogen-bond acceptors (Lipinski definition) is 3. The number of hydrogen-bond donors (Lipinski definition) is 1. The van der Waals surface area contributed by atoms with Crippen LogP contribution in [0.2, 0.25) is 0 Å². The fourth-order valence-electron chi connectivity index (χ4n) is 4.29. The first-order valence-corrected chi connectivity index (χ1v) is 9.23. The third kappa shape index (κ3) is 4.94. The van der Waals surface area contributed by atoms with Crippen molar-refractivity contribution in [3.8, 4) is 0 Å². The summed E-state index contributed by atoms with van der Waals surface area (Å²) in [5.41, 5.74) is 0. The number of nitrogens with zero attached hydrogens (tertiary/aromatic N) is 1. The molecule has 0 spiro atoms. The smallest absolute Gasteiger partial charge is 0.0674 e. The summed E-state index contributed by atoms with van der Waals surface area (Å²) < 4.78 is 5.79. The molecule has 3 nitrogen and oxygen atoms in total. The third-order valence-corrected chi connectivity index (χ3v) is 5.46. The van der Waals surface area contributed by atoms with E-state index in [1.54, 1.807) is 0 Å². The van der Waals surface area contributed by atoms with Gasteiger partial charge in [-0.05, 0) is 51.5 Å². The lowest BCUT2D eigenvalue weighted by Crippen LogP contribution is -2.52. The Morgan fingerprint density at radius 2 is 2.00 bits per heavy atom. The van der Waals surface area contributed by atoms with Gasteiger partial charge in [-0.25, -0.2) is 0 Å². The number of rotatable bonds is 6. The van der Waals surface area contributed by atoms with Gasteiger partial charge >= 0.3 is 0 Å². The molecule has 5 atom stereocenters. The van der Waals surface area contributed by atoms with Gasteiger partial charge in [0.15, 0.2) is 0 Å². The predicted octanol–water partition coefficient (Wildman–Crippen LogP) is 3.29. The van der Waals surface area contributed by atoms with Crippen molar-refractivity contribution in [2.45, 2.75) is 78.0 Å². The number of ether oxygens (including phenoxy) is 1. The minimum atomic E-state index is 0.397. The van der Waals surface area contributed by atoms with Crippen LogP contribution in [0.15, 0.2) is 0 Å². The van der Waals surface area contributed by atoms with Gasteiger partial charge in [-0.3, -0.25) is 4.90 Å². The molecule has 0 amide bonds. The summed E-state index contributed by atoms with van der Waals surface area (Å²) in [6, 6.07) is 1.31. The Morgan fingerprint density at radius 3 is 2.71 bits per heavy atom. The molecule has 5 unspecified atom stereocenters. The van der Waals surface area contributed by atoms with Crippen LogP contribution >= 0.6 is 0 Å². The van der Waals surface area contributed by atoms with Crippen LogP contribution in [0.1, 0.15) is 59.8 Å². The molecule has 0 radical (unpaired) electrons. The van der Waals surface area contributed by atoms with Gasteiger partial charge in [-0.2, -0.15) is 0 Å². The summed E-state index contributed by atoms with van der Waals surface area (Å²) in [5.74, 6) is 1.78. The van der Waals surface area contributed by atoms with E-state index in [0.29, 0.717) is 12.1 Å². The first-order chi connectivity index (χ1) is 10.1. The molecular formula is C18H36N2O. The van der Waals surface area contributed by atoms with Crippen LogP contribution in [0.4, 0.5) is 0 Å². The van der Waals surface area contributed by atoms with Crippen LogP contribution < -0.4 is 5.32 Å². The van der Waals surface area contributed by atoms with Gasteiger partial charge in [0.1, 0.15) is 0 Å². The first-order valence-electron chi connectivity index (χ1n) is 9.23. The Hall–Kier alpha value is -0.120. The molecule has 124 valence electrons. The second-order valence-electron chi connectivity index (χ2n) is 7.34. The van der Waals surface area contributed by atoms with E-state index >= 15 is 0 Å². The first kappa shape index (κ1) is 17.2. The highest BCUT2D eigenvalue weighted by atomic mass is 16.5. The van der Waals surface area contributed by atoms with Crippen molar-refractivity contribution in [3.05, 3.63) is 0 Å². The highest BCUT2D eigenvalue weighted by molar-refractivity contribution is 4.88. The van der Waals surface area contributed by atoms with Crippen molar-refractivity contribution >= 4 is 0 Å². The summed E-state index contributed by atoms with van der Waals surface area (Å²) in [6.45, 7) is 13.5. The fraction of sp³-hybridized carbons (Fsp3) is 1.00. The van der Waals surface area contributed by atoms with Crippen LogP contribution in [0.5, 0.6) is 0 Å². The fourth-order valence-corrected chi connectivity index (χ4v) is 4.29. The molecule has 0 aromatic heterocycles. The molecular weight excluding hydrogens is 260 g/mol. The van der Waals surface area contributed by atoms with E-state index in [4.69, 9.17) is 4.74 Å². The molecule has 0 bridgehead atoms. The topological polar surface area (TPSA) is 24.5 Å². The standard InChI is InChI=1S/C18H36N2O/c1-5-7-16-8-9-18(19-6-2)17(10-16)12-20-11-15(4)21-13-14(20)3/h14-19H,5-13H2,1-4H3. The quantitative estimate of drug-likeness (QED) is 0.814. The maximum Gasteiger partial charge on any atom is 0.0674 e. The highest BCUT2D eigenvalue weighted by Crippen LogP contribution is 2.33. The molecule has 1 saturated carbocycles. The molecule has 3 heteroatoms. The van der Waals surface area contributed by atoms with E-state index in [1.807, 2.05) is 0 Å². The SMILES string of the molecule is CCCC1CCC(NCC)C(CN2CC(C)OCC2C)C1. The minimum absolute atomic E-state index is 0.397. The Balaban J connectivity index is 1.94. The zero-order valence-corrected chi connectivity index (χ0v) is 14.6. The summed E-state index contributed by atoms with van der Waals surface area (Å²) in [4.78, 5) is 2.68. The van der Waals surface area contributed by atoms with Crippen molar-refractivity contribution in [1.29, 1.82) is 0 Å². The molecule has 2 rings (SSSR count). The molecule has 0 aromatic carbocycles. The highest BCUT2D eigenvalue weighted by Gasteiger charge is 2.33. The van der Waals surface area contributed by atoms with Crippen molar-refractivity contribution in [1.82, 2.24) is 10.2 Å². The summed E-state index contributed by atoms with van der Waals surface area (Å²) in [7, 11) is 0. The van der Waals surface area contributed by atoms with Gasteiger partial charge in [0.05, 0.1) is 12.7 Å². The van der Waals surface area contributed by atoms with Crippen molar-refractivity contribution < 1.29 is 4.74 Å². The summed E-state index contributed by atoms with van der Waals surface area (Å²) >= 11 is 0. The lowest BCUT2D eigenvalue weighted by atomic mass is 9.76. The lowest BCUT2D eigenvalue weighted by Gasteiger charge is -2.43. The largest absolute Gasteiger partial charge is 0.376 e. The molecule has 1 N–H and O–H groups in total. The van der Waals surface area contributed by atoms with Gasteiger partial charge in [0, 0.05) is 25.2 Å². The molecule has 21 heavy (non-hydrogen) atoms. The maximum atomic E-state index is 5.79. The van der Waals surface area contributed by atoms with E-state index in [1.165, 1.54) is 38.6 Å². The van der Waals surface area contributed by atoms with E-state index in [-0.39, 0.29) is 0 Å². The van der Waals surface area contributed by atoms with Crippen LogP contribution in [-0.2, 0) is 4.74 Å². The molecule has 1 heterocycles. The minimum Gasteiger partial charge on any atom is -0.376 e. The normalized spacial score (nSPS) is 38.6. The van der Waals surface area contributed by atoms with Gasteiger partial charge in [0.2, 0.25) is 0 Å². The monoisotopic (exact) mass is 296 g/mol. The Labute approximate surface area is 131 Å². The molecule has 1 saturated heterocycles. The van der Waals surface area contributed by atoms with E-state index in [2.05, 4.69) is 37.9 Å². The third-order valence-electron chi connectivity index (χ3n) is 5.46. The average molecular weight is 296 g/mol. The van der Waals surface area contributed by atoms with Crippen LogP contribution in [-0.4, -0.2) is 49.3 Å². The summed E-state index contributed by atoms with van der Waals surface area (Å²) in [5, 5.41) is 3.75. The molecule has 1 aliphatic carbocycles. The zero-order chi connectivity index (χ0) is 15.2. The average Bonchev–Trinajstić information content (AvgIpc) is 2.46. The maximum absolute atomic E-state index is 5.79. The molecule has 0 aromatic rings. The van der Waals surface area contributed by atoms with Gasteiger partial charge < -0.3 is 10.1 Å². The lowest BCUT2D eigenvalue weighted by molar-refractivity contribution is -0.0586. The van der Waals surface area contributed by atoms with Crippen LogP contribution in [0.3, 0.4) is 0 Å².